The zero-order chi connectivity index (χ0) is 16.4. The first-order valence-corrected chi connectivity index (χ1v) is 9.73. The first kappa shape index (κ1) is 16.1. The lowest BCUT2D eigenvalue weighted by Gasteiger charge is -2.35. The summed E-state index contributed by atoms with van der Waals surface area (Å²) in [6, 6.07) is 8.63. The molecule has 1 aromatic heterocycles. The third-order valence-electron chi connectivity index (χ3n) is 5.21. The van der Waals surface area contributed by atoms with Crippen LogP contribution in [-0.2, 0) is 16.1 Å². The lowest BCUT2D eigenvalue weighted by Crippen LogP contribution is -2.46. The molecule has 0 saturated carbocycles. The Bertz CT molecular complexity index is 700. The summed E-state index contributed by atoms with van der Waals surface area (Å²) in [4.78, 5) is 17.1. The average molecular weight is 344 g/mol. The van der Waals surface area contributed by atoms with Gasteiger partial charge in [-0.3, -0.25) is 9.69 Å². The molecule has 0 aliphatic carbocycles. The van der Waals surface area contributed by atoms with Crippen molar-refractivity contribution in [3.05, 3.63) is 35.2 Å². The van der Waals surface area contributed by atoms with Gasteiger partial charge in [0.2, 0.25) is 5.91 Å². The molecular formula is C19H24N2O2S. The molecule has 2 aliphatic rings. The van der Waals surface area contributed by atoms with Gasteiger partial charge in [0.25, 0.3) is 0 Å². The van der Waals surface area contributed by atoms with Crippen molar-refractivity contribution < 1.29 is 9.53 Å². The van der Waals surface area contributed by atoms with Crippen molar-refractivity contribution in [2.75, 3.05) is 39.4 Å². The van der Waals surface area contributed by atoms with Crippen LogP contribution >= 0.6 is 11.3 Å². The number of hydrogen-bond acceptors (Lipinski definition) is 4. The lowest BCUT2D eigenvalue weighted by atomic mass is 9.94. The van der Waals surface area contributed by atoms with Crippen molar-refractivity contribution in [1.29, 1.82) is 0 Å². The van der Waals surface area contributed by atoms with Crippen molar-refractivity contribution in [2.24, 2.45) is 5.92 Å². The number of carbonyl (C=O) groups excluding carboxylic acids is 1. The predicted molar refractivity (Wildman–Crippen MR) is 97.2 cm³/mol. The fraction of sp³-hybridized carbons (Fsp3) is 0.526. The highest BCUT2D eigenvalue weighted by Crippen LogP contribution is 2.28. The van der Waals surface area contributed by atoms with Crippen LogP contribution in [0.2, 0.25) is 0 Å². The Hall–Kier alpha value is -1.43. The third-order valence-corrected chi connectivity index (χ3v) is 6.23. The summed E-state index contributed by atoms with van der Waals surface area (Å²) >= 11 is 1.83. The maximum absolute atomic E-state index is 12.6. The number of amides is 1. The zero-order valence-electron chi connectivity index (χ0n) is 13.9. The van der Waals surface area contributed by atoms with Gasteiger partial charge in [-0.1, -0.05) is 18.2 Å². The maximum Gasteiger partial charge on any atom is 0.225 e. The van der Waals surface area contributed by atoms with Crippen molar-refractivity contribution in [2.45, 2.75) is 19.4 Å². The van der Waals surface area contributed by atoms with Crippen LogP contribution < -0.4 is 0 Å². The van der Waals surface area contributed by atoms with E-state index in [1.165, 1.54) is 15.6 Å². The standard InChI is InChI=1S/C19H24N2O2S/c22-19(21-9-11-23-12-10-21)15-5-7-20(8-6-15)13-16-14-24-18-4-2-1-3-17(16)18/h1-4,14-15H,5-13H2. The first-order valence-electron chi connectivity index (χ1n) is 8.85. The number of hydrogen-bond donors (Lipinski definition) is 0. The van der Waals surface area contributed by atoms with Crippen LogP contribution in [0.15, 0.2) is 29.6 Å². The molecule has 4 rings (SSSR count). The Morgan fingerprint density at radius 2 is 1.88 bits per heavy atom. The van der Waals surface area contributed by atoms with Crippen LogP contribution in [0.4, 0.5) is 0 Å². The fourth-order valence-corrected chi connectivity index (χ4v) is 4.73. The van der Waals surface area contributed by atoms with Gasteiger partial charge < -0.3 is 9.64 Å². The Morgan fingerprint density at radius 3 is 2.67 bits per heavy atom. The van der Waals surface area contributed by atoms with Crippen molar-refractivity contribution in [3.63, 3.8) is 0 Å². The monoisotopic (exact) mass is 344 g/mol. The van der Waals surface area contributed by atoms with Crippen molar-refractivity contribution >= 4 is 27.3 Å². The number of ether oxygens (including phenoxy) is 1. The van der Waals surface area contributed by atoms with Gasteiger partial charge >= 0.3 is 0 Å². The largest absolute Gasteiger partial charge is 0.378 e. The van der Waals surface area contributed by atoms with Gasteiger partial charge in [-0.05, 0) is 48.3 Å². The highest BCUT2D eigenvalue weighted by Gasteiger charge is 2.29. The van der Waals surface area contributed by atoms with Gasteiger partial charge in [0.15, 0.2) is 0 Å². The number of rotatable bonds is 3. The van der Waals surface area contributed by atoms with E-state index in [2.05, 4.69) is 34.5 Å². The minimum Gasteiger partial charge on any atom is -0.378 e. The third kappa shape index (κ3) is 3.34. The number of fused-ring (bicyclic) bond motifs is 1. The first-order chi connectivity index (χ1) is 11.8. The van der Waals surface area contributed by atoms with Crippen LogP contribution in [0.3, 0.4) is 0 Å². The molecule has 24 heavy (non-hydrogen) atoms. The highest BCUT2D eigenvalue weighted by atomic mass is 32.1. The van der Waals surface area contributed by atoms with E-state index < -0.39 is 0 Å². The summed E-state index contributed by atoms with van der Waals surface area (Å²) < 4.78 is 6.71. The molecule has 0 bridgehead atoms. The molecule has 2 aliphatic heterocycles. The lowest BCUT2D eigenvalue weighted by molar-refractivity contribution is -0.141. The van der Waals surface area contributed by atoms with Crippen molar-refractivity contribution in [3.8, 4) is 0 Å². The van der Waals surface area contributed by atoms with Gasteiger partial charge in [0, 0.05) is 30.3 Å². The minimum absolute atomic E-state index is 0.207. The summed E-state index contributed by atoms with van der Waals surface area (Å²) in [7, 11) is 0. The molecule has 0 atom stereocenters. The Kier molecular flexibility index (Phi) is 4.83. The van der Waals surface area contributed by atoms with E-state index >= 15 is 0 Å². The summed E-state index contributed by atoms with van der Waals surface area (Å²) in [5.41, 5.74) is 1.42. The predicted octanol–water partition coefficient (Wildman–Crippen LogP) is 2.97. The maximum atomic E-state index is 12.6. The average Bonchev–Trinajstić information content (AvgIpc) is 3.06. The molecule has 3 heterocycles. The normalized spacial score (nSPS) is 20.6. The molecule has 0 unspecified atom stereocenters. The number of likely N-dealkylation sites (tertiary alicyclic amines) is 1. The van der Waals surface area contributed by atoms with E-state index in [9.17, 15) is 4.79 Å². The van der Waals surface area contributed by atoms with Crippen LogP contribution in [0, 0.1) is 5.92 Å². The summed E-state index contributed by atoms with van der Waals surface area (Å²) in [5, 5.41) is 3.67. The molecule has 0 N–H and O–H groups in total. The van der Waals surface area contributed by atoms with Gasteiger partial charge in [-0.2, -0.15) is 0 Å². The Labute approximate surface area is 147 Å². The topological polar surface area (TPSA) is 32.8 Å². The van der Waals surface area contributed by atoms with Gasteiger partial charge in [0.1, 0.15) is 0 Å². The van der Waals surface area contributed by atoms with E-state index in [0.29, 0.717) is 19.1 Å². The molecule has 1 amide bonds. The van der Waals surface area contributed by atoms with E-state index in [0.717, 1.165) is 45.6 Å². The second-order valence-electron chi connectivity index (χ2n) is 6.75. The Morgan fingerprint density at radius 1 is 1.12 bits per heavy atom. The molecular weight excluding hydrogens is 320 g/mol. The van der Waals surface area contributed by atoms with E-state index in [-0.39, 0.29) is 5.92 Å². The summed E-state index contributed by atoms with van der Waals surface area (Å²) in [6.45, 7) is 5.95. The summed E-state index contributed by atoms with van der Waals surface area (Å²) in [5.74, 6) is 0.553. The SMILES string of the molecule is O=C(C1CCN(Cc2csc3ccccc23)CC1)N1CCOCC1. The number of carbonyl (C=O) groups is 1. The quantitative estimate of drug-likeness (QED) is 0.858. The van der Waals surface area contributed by atoms with Crippen LogP contribution in [0.25, 0.3) is 10.1 Å². The molecule has 2 saturated heterocycles. The molecule has 4 nitrogen and oxygen atoms in total. The smallest absolute Gasteiger partial charge is 0.225 e. The van der Waals surface area contributed by atoms with E-state index in [4.69, 9.17) is 4.74 Å². The van der Waals surface area contributed by atoms with Crippen LogP contribution in [0.1, 0.15) is 18.4 Å². The molecule has 1 aromatic carbocycles. The number of piperidine rings is 1. The molecule has 2 aromatic rings. The van der Waals surface area contributed by atoms with Gasteiger partial charge in [0.05, 0.1) is 13.2 Å². The second kappa shape index (κ2) is 7.21. The van der Waals surface area contributed by atoms with Gasteiger partial charge in [-0.15, -0.1) is 11.3 Å². The Balaban J connectivity index is 1.33. The molecule has 5 heteroatoms. The molecule has 0 spiro atoms. The highest BCUT2D eigenvalue weighted by molar-refractivity contribution is 7.17. The minimum atomic E-state index is 0.207. The van der Waals surface area contributed by atoms with Crippen LogP contribution in [0.5, 0.6) is 0 Å². The zero-order valence-corrected chi connectivity index (χ0v) is 14.8. The molecule has 128 valence electrons. The van der Waals surface area contributed by atoms with Crippen LogP contribution in [-0.4, -0.2) is 55.1 Å². The van der Waals surface area contributed by atoms with E-state index in [1.807, 2.05) is 16.2 Å². The van der Waals surface area contributed by atoms with Crippen molar-refractivity contribution in [1.82, 2.24) is 9.80 Å². The fourth-order valence-electron chi connectivity index (χ4n) is 3.78. The number of nitrogens with zero attached hydrogens (tertiary/aromatic N) is 2. The number of morpholine rings is 1. The summed E-state index contributed by atoms with van der Waals surface area (Å²) in [6.07, 6.45) is 1.97. The van der Waals surface area contributed by atoms with E-state index in [1.54, 1.807) is 0 Å². The molecule has 2 fully saturated rings. The molecule has 0 radical (unpaired) electrons. The second-order valence-corrected chi connectivity index (χ2v) is 7.66. The van der Waals surface area contributed by atoms with Gasteiger partial charge in [-0.25, -0.2) is 0 Å². The number of benzene rings is 1. The number of thiophene rings is 1.